The maximum Gasteiger partial charge on any atom is 0.0588 e. The number of piperazine rings is 1. The molecule has 2 aliphatic heterocycles. The van der Waals surface area contributed by atoms with Gasteiger partial charge in [-0.2, -0.15) is 0 Å². The van der Waals surface area contributed by atoms with Crippen molar-refractivity contribution in [2.24, 2.45) is 5.92 Å². The highest BCUT2D eigenvalue weighted by Gasteiger charge is 2.47. The first-order valence-corrected chi connectivity index (χ1v) is 8.11. The minimum atomic E-state index is 0.285. The number of nitrogens with zero attached hydrogens (tertiary/aromatic N) is 1. The van der Waals surface area contributed by atoms with Crippen molar-refractivity contribution in [3.8, 4) is 0 Å². The summed E-state index contributed by atoms with van der Waals surface area (Å²) in [5.41, 5.74) is 0.638. The molecule has 3 heteroatoms. The molecule has 0 aromatic carbocycles. The molecule has 3 fully saturated rings. The Morgan fingerprint density at radius 3 is 2.63 bits per heavy atom. The molecular formula is C16H30N2O. The van der Waals surface area contributed by atoms with Crippen LogP contribution in [0.1, 0.15) is 52.9 Å². The lowest BCUT2D eigenvalue weighted by Gasteiger charge is -2.51. The van der Waals surface area contributed by atoms with E-state index in [-0.39, 0.29) is 5.54 Å². The third kappa shape index (κ3) is 2.98. The zero-order valence-corrected chi connectivity index (χ0v) is 12.9. The van der Waals surface area contributed by atoms with Gasteiger partial charge in [0.05, 0.1) is 6.10 Å². The lowest BCUT2D eigenvalue weighted by Crippen LogP contribution is -2.68. The van der Waals surface area contributed by atoms with Gasteiger partial charge in [-0.15, -0.1) is 0 Å². The van der Waals surface area contributed by atoms with Crippen molar-refractivity contribution in [3.63, 3.8) is 0 Å². The first-order chi connectivity index (χ1) is 9.00. The summed E-state index contributed by atoms with van der Waals surface area (Å²) in [7, 11) is 0. The summed E-state index contributed by atoms with van der Waals surface area (Å²) < 4.78 is 5.78. The van der Waals surface area contributed by atoms with Crippen molar-refractivity contribution in [3.05, 3.63) is 0 Å². The van der Waals surface area contributed by atoms with Crippen LogP contribution in [-0.4, -0.2) is 48.3 Å². The van der Waals surface area contributed by atoms with Crippen LogP contribution in [0.25, 0.3) is 0 Å². The first-order valence-electron chi connectivity index (χ1n) is 8.11. The van der Waals surface area contributed by atoms with Crippen LogP contribution in [-0.2, 0) is 4.74 Å². The molecule has 0 radical (unpaired) electrons. The maximum atomic E-state index is 5.78. The standard InChI is InChI=1S/C16H30N2O/c1-15(2)11-17-16(3,13-6-7-13)12-18(15)9-8-14-5-4-10-19-14/h13-14,17H,4-12H2,1-3H3. The maximum absolute atomic E-state index is 5.78. The molecule has 2 unspecified atom stereocenters. The zero-order valence-electron chi connectivity index (χ0n) is 12.9. The summed E-state index contributed by atoms with van der Waals surface area (Å²) in [4.78, 5) is 2.71. The Balaban J connectivity index is 1.58. The first kappa shape index (κ1) is 13.8. The molecule has 2 saturated heterocycles. The van der Waals surface area contributed by atoms with E-state index in [1.165, 1.54) is 45.2 Å². The van der Waals surface area contributed by atoms with Crippen LogP contribution in [0.3, 0.4) is 0 Å². The second-order valence-electron chi connectivity index (χ2n) is 7.70. The molecule has 0 bridgehead atoms. The molecule has 3 nitrogen and oxygen atoms in total. The Labute approximate surface area is 118 Å². The Kier molecular flexibility index (Phi) is 3.65. The van der Waals surface area contributed by atoms with E-state index in [9.17, 15) is 0 Å². The Morgan fingerprint density at radius 1 is 1.21 bits per heavy atom. The van der Waals surface area contributed by atoms with Gasteiger partial charge in [0, 0.05) is 37.3 Å². The lowest BCUT2D eigenvalue weighted by molar-refractivity contribution is 0.00928. The van der Waals surface area contributed by atoms with Crippen molar-refractivity contribution < 1.29 is 4.74 Å². The van der Waals surface area contributed by atoms with Gasteiger partial charge < -0.3 is 10.1 Å². The molecular weight excluding hydrogens is 236 g/mol. The van der Waals surface area contributed by atoms with Crippen LogP contribution in [0.2, 0.25) is 0 Å². The molecule has 1 aliphatic carbocycles. The van der Waals surface area contributed by atoms with Gasteiger partial charge in [-0.25, -0.2) is 0 Å². The van der Waals surface area contributed by atoms with E-state index in [4.69, 9.17) is 4.74 Å². The number of hydrogen-bond donors (Lipinski definition) is 1. The smallest absolute Gasteiger partial charge is 0.0588 e. The third-order valence-electron chi connectivity index (χ3n) is 5.52. The topological polar surface area (TPSA) is 24.5 Å². The van der Waals surface area contributed by atoms with Crippen molar-refractivity contribution in [1.82, 2.24) is 10.2 Å². The monoisotopic (exact) mass is 266 g/mol. The number of nitrogens with one attached hydrogen (secondary N) is 1. The van der Waals surface area contributed by atoms with E-state index < -0.39 is 0 Å². The van der Waals surface area contributed by atoms with Crippen molar-refractivity contribution in [2.45, 2.75) is 70.1 Å². The van der Waals surface area contributed by atoms with Gasteiger partial charge in [-0.1, -0.05) is 0 Å². The highest BCUT2D eigenvalue weighted by atomic mass is 16.5. The number of rotatable bonds is 4. The number of hydrogen-bond acceptors (Lipinski definition) is 3. The van der Waals surface area contributed by atoms with Crippen molar-refractivity contribution >= 4 is 0 Å². The van der Waals surface area contributed by atoms with Gasteiger partial charge in [-0.05, 0) is 58.8 Å². The minimum Gasteiger partial charge on any atom is -0.378 e. The fraction of sp³-hybridized carbons (Fsp3) is 1.00. The average molecular weight is 266 g/mol. The molecule has 2 heterocycles. The van der Waals surface area contributed by atoms with Crippen LogP contribution in [0.4, 0.5) is 0 Å². The average Bonchev–Trinajstić information content (AvgIpc) is 3.10. The number of ether oxygens (including phenoxy) is 1. The summed E-state index contributed by atoms with van der Waals surface area (Å²) in [5.74, 6) is 0.911. The van der Waals surface area contributed by atoms with E-state index >= 15 is 0 Å². The molecule has 19 heavy (non-hydrogen) atoms. The predicted molar refractivity (Wildman–Crippen MR) is 78.4 cm³/mol. The van der Waals surface area contributed by atoms with Gasteiger partial charge in [0.15, 0.2) is 0 Å². The van der Waals surface area contributed by atoms with E-state index in [0.717, 1.165) is 19.1 Å². The summed E-state index contributed by atoms with van der Waals surface area (Å²) >= 11 is 0. The fourth-order valence-electron chi connectivity index (χ4n) is 3.74. The molecule has 3 aliphatic rings. The second kappa shape index (κ2) is 5.01. The zero-order chi connectivity index (χ0) is 13.5. The molecule has 0 aromatic rings. The molecule has 1 saturated carbocycles. The van der Waals surface area contributed by atoms with E-state index in [1.54, 1.807) is 0 Å². The predicted octanol–water partition coefficient (Wildman–Crippen LogP) is 2.41. The molecule has 0 amide bonds. The van der Waals surface area contributed by atoms with E-state index in [2.05, 4.69) is 31.0 Å². The minimum absolute atomic E-state index is 0.285. The van der Waals surface area contributed by atoms with Crippen LogP contribution >= 0.6 is 0 Å². The van der Waals surface area contributed by atoms with Crippen LogP contribution in [0, 0.1) is 5.92 Å². The highest BCUT2D eigenvalue weighted by molar-refractivity contribution is 5.06. The molecule has 2 atom stereocenters. The van der Waals surface area contributed by atoms with Crippen molar-refractivity contribution in [2.75, 3.05) is 26.2 Å². The van der Waals surface area contributed by atoms with Crippen LogP contribution < -0.4 is 5.32 Å². The lowest BCUT2D eigenvalue weighted by atomic mass is 9.86. The summed E-state index contributed by atoms with van der Waals surface area (Å²) in [5, 5.41) is 3.83. The fourth-order valence-corrected chi connectivity index (χ4v) is 3.74. The third-order valence-corrected chi connectivity index (χ3v) is 5.52. The van der Waals surface area contributed by atoms with Crippen LogP contribution in [0.5, 0.6) is 0 Å². The van der Waals surface area contributed by atoms with Gasteiger partial charge in [0.25, 0.3) is 0 Å². The molecule has 1 N–H and O–H groups in total. The quantitative estimate of drug-likeness (QED) is 0.845. The Hall–Kier alpha value is -0.120. The highest BCUT2D eigenvalue weighted by Crippen LogP contribution is 2.42. The summed E-state index contributed by atoms with van der Waals surface area (Å²) in [6, 6.07) is 0. The summed E-state index contributed by atoms with van der Waals surface area (Å²) in [6.45, 7) is 11.7. The molecule has 110 valence electrons. The molecule has 3 rings (SSSR count). The largest absolute Gasteiger partial charge is 0.378 e. The van der Waals surface area contributed by atoms with Gasteiger partial charge in [0.2, 0.25) is 0 Å². The van der Waals surface area contributed by atoms with Crippen LogP contribution in [0.15, 0.2) is 0 Å². The van der Waals surface area contributed by atoms with Gasteiger partial charge >= 0.3 is 0 Å². The van der Waals surface area contributed by atoms with Gasteiger partial charge in [-0.3, -0.25) is 4.90 Å². The van der Waals surface area contributed by atoms with E-state index in [1.807, 2.05) is 0 Å². The molecule has 0 aromatic heterocycles. The normalized spacial score (nSPS) is 39.6. The van der Waals surface area contributed by atoms with E-state index in [0.29, 0.717) is 11.6 Å². The van der Waals surface area contributed by atoms with Crippen molar-refractivity contribution in [1.29, 1.82) is 0 Å². The second-order valence-corrected chi connectivity index (χ2v) is 7.70. The van der Waals surface area contributed by atoms with Gasteiger partial charge in [0.1, 0.15) is 0 Å². The Morgan fingerprint density at radius 2 is 2.00 bits per heavy atom. The Bertz CT molecular complexity index is 321. The summed E-state index contributed by atoms with van der Waals surface area (Å²) in [6.07, 6.45) is 7.11. The molecule has 0 spiro atoms. The SMILES string of the molecule is CC1(C2CC2)CN(CCC2CCCO2)C(C)(C)CN1.